The highest BCUT2D eigenvalue weighted by Gasteiger charge is 2.44. The number of aromatic nitrogens is 3. The van der Waals surface area contributed by atoms with Crippen LogP contribution in [0.5, 0.6) is 0 Å². The molecule has 1 aliphatic rings. The number of carbonyl (C=O) groups is 2. The molecule has 0 atom stereocenters. The molecule has 3 aromatic rings. The Labute approximate surface area is 168 Å². The zero-order valence-corrected chi connectivity index (χ0v) is 16.7. The topological polar surface area (TPSA) is 112 Å². The van der Waals surface area contributed by atoms with E-state index >= 15 is 0 Å². The fourth-order valence-electron chi connectivity index (χ4n) is 3.66. The van der Waals surface area contributed by atoms with Crippen LogP contribution in [0.15, 0.2) is 30.6 Å². The van der Waals surface area contributed by atoms with Gasteiger partial charge in [0, 0.05) is 25.3 Å². The van der Waals surface area contributed by atoms with Crippen LogP contribution in [0, 0.1) is 0 Å². The molecule has 0 saturated heterocycles. The van der Waals surface area contributed by atoms with Crippen LogP contribution in [0.4, 0.5) is 11.5 Å². The first-order valence-corrected chi connectivity index (χ1v) is 9.41. The number of nitrogens with two attached hydrogens (primary N) is 1. The van der Waals surface area contributed by atoms with Crippen molar-refractivity contribution in [3.8, 4) is 0 Å². The SMILES string of the molecule is COCc1ccc(NC(=O)c2c(C(C)=O)n(C3(C)CC3)c3ncnc(N)c23)cc1. The average Bonchev–Trinajstić information content (AvgIpc) is 3.31. The molecule has 1 amide bonds. The van der Waals surface area contributed by atoms with Crippen LogP contribution in [0.2, 0.25) is 0 Å². The van der Waals surface area contributed by atoms with E-state index in [1.165, 1.54) is 13.3 Å². The van der Waals surface area contributed by atoms with Crippen molar-refractivity contribution in [1.82, 2.24) is 14.5 Å². The van der Waals surface area contributed by atoms with E-state index in [4.69, 9.17) is 10.5 Å². The Morgan fingerprint density at radius 3 is 2.52 bits per heavy atom. The van der Waals surface area contributed by atoms with E-state index < -0.39 is 5.91 Å². The number of hydrogen-bond acceptors (Lipinski definition) is 6. The van der Waals surface area contributed by atoms with Gasteiger partial charge in [0.1, 0.15) is 17.8 Å². The molecule has 1 aromatic carbocycles. The fraction of sp³-hybridized carbons (Fsp3) is 0.333. The van der Waals surface area contributed by atoms with E-state index in [0.717, 1.165) is 18.4 Å². The van der Waals surface area contributed by atoms with Gasteiger partial charge < -0.3 is 20.4 Å². The van der Waals surface area contributed by atoms with E-state index in [1.807, 2.05) is 23.6 Å². The normalized spacial score (nSPS) is 14.7. The van der Waals surface area contributed by atoms with Crippen LogP contribution < -0.4 is 11.1 Å². The van der Waals surface area contributed by atoms with Crippen LogP contribution in [0.3, 0.4) is 0 Å². The van der Waals surface area contributed by atoms with Gasteiger partial charge in [-0.1, -0.05) is 12.1 Å². The maximum Gasteiger partial charge on any atom is 0.258 e. The zero-order valence-electron chi connectivity index (χ0n) is 16.7. The van der Waals surface area contributed by atoms with Crippen LogP contribution in [0.1, 0.15) is 53.1 Å². The van der Waals surface area contributed by atoms with Crippen molar-refractivity contribution in [2.45, 2.75) is 38.8 Å². The summed E-state index contributed by atoms with van der Waals surface area (Å²) in [6.45, 7) is 3.99. The van der Waals surface area contributed by atoms with E-state index in [1.54, 1.807) is 19.2 Å². The largest absolute Gasteiger partial charge is 0.383 e. The number of nitrogen functional groups attached to an aromatic ring is 1. The monoisotopic (exact) mass is 393 g/mol. The van der Waals surface area contributed by atoms with Crippen molar-refractivity contribution in [3.05, 3.63) is 47.4 Å². The molecule has 0 spiro atoms. The van der Waals surface area contributed by atoms with Crippen molar-refractivity contribution in [2.75, 3.05) is 18.2 Å². The summed E-state index contributed by atoms with van der Waals surface area (Å²) in [5.74, 6) is -0.443. The van der Waals surface area contributed by atoms with Gasteiger partial charge in [0.15, 0.2) is 5.78 Å². The van der Waals surface area contributed by atoms with Crippen molar-refractivity contribution >= 4 is 34.2 Å². The number of nitrogens with zero attached hydrogens (tertiary/aromatic N) is 3. The first-order chi connectivity index (χ1) is 13.9. The van der Waals surface area contributed by atoms with Gasteiger partial charge in [0.2, 0.25) is 0 Å². The Morgan fingerprint density at radius 2 is 1.93 bits per heavy atom. The maximum absolute atomic E-state index is 13.3. The third kappa shape index (κ3) is 3.25. The Balaban J connectivity index is 1.83. The summed E-state index contributed by atoms with van der Waals surface area (Å²) in [4.78, 5) is 34.3. The molecule has 2 heterocycles. The van der Waals surface area contributed by atoms with Gasteiger partial charge >= 0.3 is 0 Å². The molecule has 1 aliphatic carbocycles. The van der Waals surface area contributed by atoms with Crippen LogP contribution in [-0.4, -0.2) is 33.3 Å². The number of methoxy groups -OCH3 is 1. The molecular weight excluding hydrogens is 370 g/mol. The third-order valence-electron chi connectivity index (χ3n) is 5.38. The van der Waals surface area contributed by atoms with Crippen LogP contribution >= 0.6 is 0 Å². The van der Waals surface area contributed by atoms with Crippen molar-refractivity contribution in [2.24, 2.45) is 0 Å². The fourth-order valence-corrected chi connectivity index (χ4v) is 3.66. The van der Waals surface area contributed by atoms with Gasteiger partial charge in [-0.05, 0) is 37.5 Å². The zero-order chi connectivity index (χ0) is 20.8. The number of carbonyl (C=O) groups excluding carboxylic acids is 2. The Kier molecular flexibility index (Phi) is 4.58. The second kappa shape index (κ2) is 6.97. The molecule has 3 N–H and O–H groups in total. The lowest BCUT2D eigenvalue weighted by Crippen LogP contribution is -2.21. The van der Waals surface area contributed by atoms with Crippen LogP contribution in [-0.2, 0) is 16.9 Å². The van der Waals surface area contributed by atoms with E-state index in [9.17, 15) is 9.59 Å². The third-order valence-corrected chi connectivity index (χ3v) is 5.38. The number of Topliss-reactive ketones (excluding diaryl/α,β-unsaturated/α-hetero) is 1. The highest BCUT2D eigenvalue weighted by molar-refractivity contribution is 6.21. The number of benzene rings is 1. The smallest absolute Gasteiger partial charge is 0.258 e. The number of anilines is 2. The van der Waals surface area contributed by atoms with E-state index in [2.05, 4.69) is 15.3 Å². The summed E-state index contributed by atoms with van der Waals surface area (Å²) in [6.07, 6.45) is 3.17. The van der Waals surface area contributed by atoms with Crippen LogP contribution in [0.25, 0.3) is 11.0 Å². The molecule has 0 radical (unpaired) electrons. The number of amides is 1. The minimum atomic E-state index is -0.413. The summed E-state index contributed by atoms with van der Waals surface area (Å²) in [5, 5.41) is 3.29. The Morgan fingerprint density at radius 1 is 1.24 bits per heavy atom. The minimum absolute atomic E-state index is 0.182. The Bertz CT molecular complexity index is 1110. The minimum Gasteiger partial charge on any atom is -0.383 e. The number of ketones is 1. The molecule has 8 heteroatoms. The van der Waals surface area contributed by atoms with E-state index in [-0.39, 0.29) is 22.7 Å². The van der Waals surface area contributed by atoms with Crippen molar-refractivity contribution in [3.63, 3.8) is 0 Å². The second-order valence-electron chi connectivity index (χ2n) is 7.65. The molecular formula is C21H23N5O3. The first-order valence-electron chi connectivity index (χ1n) is 9.41. The quantitative estimate of drug-likeness (QED) is 0.622. The molecule has 8 nitrogen and oxygen atoms in total. The average molecular weight is 393 g/mol. The van der Waals surface area contributed by atoms with Gasteiger partial charge in [-0.3, -0.25) is 9.59 Å². The molecule has 150 valence electrons. The van der Waals surface area contributed by atoms with Gasteiger partial charge in [-0.15, -0.1) is 0 Å². The predicted molar refractivity (Wildman–Crippen MR) is 110 cm³/mol. The first kappa shape index (κ1) is 19.1. The maximum atomic E-state index is 13.3. The molecule has 4 rings (SSSR count). The summed E-state index contributed by atoms with van der Waals surface area (Å²) in [7, 11) is 1.63. The summed E-state index contributed by atoms with van der Waals surface area (Å²) >= 11 is 0. The summed E-state index contributed by atoms with van der Waals surface area (Å²) in [6, 6.07) is 7.33. The van der Waals surface area contributed by atoms with Crippen molar-refractivity contribution in [1.29, 1.82) is 0 Å². The number of rotatable bonds is 6. The number of fused-ring (bicyclic) bond motifs is 1. The van der Waals surface area contributed by atoms with Gasteiger partial charge in [0.05, 0.1) is 23.3 Å². The van der Waals surface area contributed by atoms with Gasteiger partial charge in [-0.2, -0.15) is 0 Å². The number of hydrogen-bond donors (Lipinski definition) is 2. The molecule has 29 heavy (non-hydrogen) atoms. The Hall–Kier alpha value is -3.26. The van der Waals surface area contributed by atoms with E-state index in [0.29, 0.717) is 29.0 Å². The number of nitrogens with one attached hydrogen (secondary N) is 1. The summed E-state index contributed by atoms with van der Waals surface area (Å²) in [5.41, 5.74) is 8.53. The lowest BCUT2D eigenvalue weighted by Gasteiger charge is -2.16. The van der Waals surface area contributed by atoms with Gasteiger partial charge in [-0.25, -0.2) is 9.97 Å². The number of ether oxygens (including phenoxy) is 1. The molecule has 0 unspecified atom stereocenters. The molecule has 1 fully saturated rings. The second-order valence-corrected chi connectivity index (χ2v) is 7.65. The standard InChI is InChI=1S/C21H23N5O3/c1-12(27)17-15(20(28)25-14-6-4-13(5-7-14)10-29-3)16-18(22)23-11-24-19(16)26(17)21(2)8-9-21/h4-7,11H,8-10H2,1-3H3,(H,25,28)(H2,22,23,24). The molecule has 2 aromatic heterocycles. The van der Waals surface area contributed by atoms with Crippen molar-refractivity contribution < 1.29 is 14.3 Å². The molecule has 0 aliphatic heterocycles. The highest BCUT2D eigenvalue weighted by atomic mass is 16.5. The van der Waals surface area contributed by atoms with Gasteiger partial charge in [0.25, 0.3) is 5.91 Å². The molecule has 1 saturated carbocycles. The lowest BCUT2D eigenvalue weighted by molar-refractivity contribution is 0.0978. The predicted octanol–water partition coefficient (Wildman–Crippen LogP) is 3.12. The summed E-state index contributed by atoms with van der Waals surface area (Å²) < 4.78 is 6.97. The molecule has 0 bridgehead atoms. The lowest BCUT2D eigenvalue weighted by atomic mass is 10.1. The highest BCUT2D eigenvalue weighted by Crippen LogP contribution is 2.47.